The number of hydrogen-bond acceptors (Lipinski definition) is 5. The van der Waals surface area contributed by atoms with Crippen LogP contribution in [-0.4, -0.2) is 35.1 Å². The Labute approximate surface area is 174 Å². The average Bonchev–Trinajstić information content (AvgIpc) is 3.21. The molecule has 1 amide bonds. The molecule has 1 atom stereocenters. The molecule has 0 saturated carbocycles. The Kier molecular flexibility index (Phi) is 5.34. The quantitative estimate of drug-likeness (QED) is 0.532. The second kappa shape index (κ2) is 8.24. The summed E-state index contributed by atoms with van der Waals surface area (Å²) in [7, 11) is 3.16. The predicted molar refractivity (Wildman–Crippen MR) is 114 cm³/mol. The number of rotatable bonds is 6. The summed E-state index contributed by atoms with van der Waals surface area (Å²) < 4.78 is 12.5. The summed E-state index contributed by atoms with van der Waals surface area (Å²) in [5.41, 5.74) is 3.98. The first-order valence-electron chi connectivity index (χ1n) is 9.50. The molecule has 3 aromatic carbocycles. The van der Waals surface area contributed by atoms with Crippen molar-refractivity contribution >= 4 is 16.9 Å². The van der Waals surface area contributed by atoms with E-state index >= 15 is 0 Å². The van der Waals surface area contributed by atoms with E-state index in [1.54, 1.807) is 37.1 Å². The van der Waals surface area contributed by atoms with Crippen LogP contribution in [0, 0.1) is 6.92 Å². The second-order valence-corrected chi connectivity index (χ2v) is 6.88. The Morgan fingerprint density at radius 1 is 0.967 bits per heavy atom. The largest absolute Gasteiger partial charge is 0.493 e. The van der Waals surface area contributed by atoms with E-state index in [0.717, 1.165) is 22.2 Å². The number of carbonyl (C=O) groups is 1. The molecular formula is C23H22N4O3. The number of aryl methyl sites for hydroxylation is 1. The maximum atomic E-state index is 13.0. The number of ether oxygens (including phenoxy) is 2. The zero-order valence-electron chi connectivity index (χ0n) is 17.0. The monoisotopic (exact) mass is 402 g/mol. The molecule has 1 N–H and O–H groups in total. The van der Waals surface area contributed by atoms with E-state index in [9.17, 15) is 4.79 Å². The minimum Gasteiger partial charge on any atom is -0.493 e. The molecule has 0 unspecified atom stereocenters. The van der Waals surface area contributed by atoms with E-state index in [0.29, 0.717) is 17.1 Å². The summed E-state index contributed by atoms with van der Waals surface area (Å²) in [5.74, 6) is 0.955. The van der Waals surface area contributed by atoms with Crippen molar-refractivity contribution in [3.05, 3.63) is 83.4 Å². The van der Waals surface area contributed by atoms with Crippen molar-refractivity contribution in [2.24, 2.45) is 0 Å². The van der Waals surface area contributed by atoms with Crippen LogP contribution in [0.15, 0.2) is 66.7 Å². The van der Waals surface area contributed by atoms with Crippen LogP contribution in [0.3, 0.4) is 0 Å². The molecule has 0 saturated heterocycles. The van der Waals surface area contributed by atoms with Gasteiger partial charge in [-0.3, -0.25) is 4.79 Å². The summed E-state index contributed by atoms with van der Waals surface area (Å²) in [6.07, 6.45) is -0.592. The molecular weight excluding hydrogens is 380 g/mol. The van der Waals surface area contributed by atoms with E-state index < -0.39 is 6.17 Å². The highest BCUT2D eigenvalue weighted by atomic mass is 16.5. The van der Waals surface area contributed by atoms with Gasteiger partial charge in [0.25, 0.3) is 5.91 Å². The summed E-state index contributed by atoms with van der Waals surface area (Å²) >= 11 is 0. The maximum absolute atomic E-state index is 13.0. The molecule has 7 nitrogen and oxygen atoms in total. The average molecular weight is 402 g/mol. The lowest BCUT2D eigenvalue weighted by Crippen LogP contribution is -2.34. The van der Waals surface area contributed by atoms with Gasteiger partial charge in [-0.15, -0.1) is 5.10 Å². The number of fused-ring (bicyclic) bond motifs is 1. The number of para-hydroxylation sites is 1. The Balaban J connectivity index is 1.79. The Morgan fingerprint density at radius 2 is 1.70 bits per heavy atom. The van der Waals surface area contributed by atoms with Crippen LogP contribution >= 0.6 is 0 Å². The van der Waals surface area contributed by atoms with Crippen LogP contribution in [0.5, 0.6) is 11.5 Å². The third-order valence-corrected chi connectivity index (χ3v) is 4.93. The Morgan fingerprint density at radius 3 is 2.43 bits per heavy atom. The van der Waals surface area contributed by atoms with Crippen molar-refractivity contribution < 1.29 is 14.3 Å². The fourth-order valence-corrected chi connectivity index (χ4v) is 3.30. The van der Waals surface area contributed by atoms with Gasteiger partial charge in [0.05, 0.1) is 19.7 Å². The highest BCUT2D eigenvalue weighted by Crippen LogP contribution is 2.31. The summed E-state index contributed by atoms with van der Waals surface area (Å²) in [6.45, 7) is 1.98. The molecule has 0 fully saturated rings. The third-order valence-electron chi connectivity index (χ3n) is 4.93. The number of amides is 1. The molecule has 0 aliphatic rings. The Hall–Kier alpha value is -3.87. The second-order valence-electron chi connectivity index (χ2n) is 6.88. The molecule has 30 heavy (non-hydrogen) atoms. The maximum Gasteiger partial charge on any atom is 0.253 e. The van der Waals surface area contributed by atoms with Crippen molar-refractivity contribution in [3.63, 3.8) is 0 Å². The molecule has 1 aromatic heterocycles. The molecule has 0 aliphatic carbocycles. The van der Waals surface area contributed by atoms with Gasteiger partial charge in [-0.05, 0) is 43.3 Å². The molecule has 0 radical (unpaired) electrons. The SMILES string of the molecule is COc1ccc([C@H](NC(=O)c2ccc(C)cc2)n2nnc3ccccc32)cc1OC. The van der Waals surface area contributed by atoms with Gasteiger partial charge in [-0.25, -0.2) is 4.68 Å². The highest BCUT2D eigenvalue weighted by molar-refractivity contribution is 5.94. The fourth-order valence-electron chi connectivity index (χ4n) is 3.30. The van der Waals surface area contributed by atoms with Crippen molar-refractivity contribution in [3.8, 4) is 11.5 Å². The van der Waals surface area contributed by atoms with E-state index in [2.05, 4.69) is 15.6 Å². The van der Waals surface area contributed by atoms with Crippen LogP contribution in [0.25, 0.3) is 11.0 Å². The number of aromatic nitrogens is 3. The summed E-state index contributed by atoms with van der Waals surface area (Å²) in [4.78, 5) is 13.0. The highest BCUT2D eigenvalue weighted by Gasteiger charge is 2.22. The lowest BCUT2D eigenvalue weighted by Gasteiger charge is -2.21. The normalized spacial score (nSPS) is 11.8. The predicted octanol–water partition coefficient (Wildman–Crippen LogP) is 3.73. The molecule has 4 rings (SSSR count). The lowest BCUT2D eigenvalue weighted by atomic mass is 10.1. The van der Waals surface area contributed by atoms with Crippen molar-refractivity contribution in [2.45, 2.75) is 13.1 Å². The number of methoxy groups -OCH3 is 2. The van der Waals surface area contributed by atoms with E-state index in [-0.39, 0.29) is 5.91 Å². The third kappa shape index (κ3) is 3.69. The lowest BCUT2D eigenvalue weighted by molar-refractivity contribution is 0.0927. The zero-order valence-corrected chi connectivity index (χ0v) is 17.0. The fraction of sp³-hybridized carbons (Fsp3) is 0.174. The first-order chi connectivity index (χ1) is 14.6. The van der Waals surface area contributed by atoms with Gasteiger partial charge in [0, 0.05) is 11.1 Å². The van der Waals surface area contributed by atoms with Gasteiger partial charge in [0.15, 0.2) is 17.7 Å². The van der Waals surface area contributed by atoms with E-state index in [1.807, 2.05) is 55.5 Å². The Bertz CT molecular complexity index is 1180. The van der Waals surface area contributed by atoms with Gasteiger partial charge in [-0.1, -0.05) is 41.1 Å². The van der Waals surface area contributed by atoms with Crippen LogP contribution in [0.4, 0.5) is 0 Å². The number of hydrogen-bond donors (Lipinski definition) is 1. The number of benzene rings is 3. The minimum atomic E-state index is -0.592. The zero-order chi connectivity index (χ0) is 21.1. The molecule has 0 bridgehead atoms. The van der Waals surface area contributed by atoms with Crippen LogP contribution < -0.4 is 14.8 Å². The van der Waals surface area contributed by atoms with Crippen LogP contribution in [0.2, 0.25) is 0 Å². The van der Waals surface area contributed by atoms with Gasteiger partial charge < -0.3 is 14.8 Å². The first kappa shape index (κ1) is 19.4. The van der Waals surface area contributed by atoms with Gasteiger partial charge >= 0.3 is 0 Å². The molecule has 0 spiro atoms. The molecule has 0 aliphatic heterocycles. The smallest absolute Gasteiger partial charge is 0.253 e. The first-order valence-corrected chi connectivity index (χ1v) is 9.50. The van der Waals surface area contributed by atoms with Crippen molar-refractivity contribution in [2.75, 3.05) is 14.2 Å². The molecule has 152 valence electrons. The number of carbonyl (C=O) groups excluding carboxylic acids is 1. The number of nitrogens with one attached hydrogen (secondary N) is 1. The van der Waals surface area contributed by atoms with E-state index in [4.69, 9.17) is 9.47 Å². The van der Waals surface area contributed by atoms with Crippen LogP contribution in [-0.2, 0) is 0 Å². The summed E-state index contributed by atoms with van der Waals surface area (Å²) in [5, 5.41) is 11.6. The van der Waals surface area contributed by atoms with E-state index in [1.165, 1.54) is 0 Å². The van der Waals surface area contributed by atoms with Crippen LogP contribution in [0.1, 0.15) is 27.7 Å². The van der Waals surface area contributed by atoms with Crippen molar-refractivity contribution in [1.82, 2.24) is 20.3 Å². The number of nitrogens with zero attached hydrogens (tertiary/aromatic N) is 3. The van der Waals surface area contributed by atoms with Gasteiger partial charge in [-0.2, -0.15) is 0 Å². The van der Waals surface area contributed by atoms with Gasteiger partial charge in [0.1, 0.15) is 5.52 Å². The minimum absolute atomic E-state index is 0.214. The molecule has 4 aromatic rings. The van der Waals surface area contributed by atoms with Gasteiger partial charge in [0.2, 0.25) is 0 Å². The topological polar surface area (TPSA) is 78.3 Å². The van der Waals surface area contributed by atoms with Crippen molar-refractivity contribution in [1.29, 1.82) is 0 Å². The molecule has 7 heteroatoms. The molecule has 1 heterocycles. The summed E-state index contributed by atoms with van der Waals surface area (Å²) in [6, 6.07) is 20.5. The standard InChI is InChI=1S/C23H22N4O3/c1-15-8-10-16(11-9-15)23(28)24-22(17-12-13-20(29-2)21(14-17)30-3)27-19-7-5-4-6-18(19)25-26-27/h4-14,22H,1-3H3,(H,24,28)/t22-/m1/s1.